The molecule has 2 N–H and O–H groups in total. The number of carbonyl (C=O) groups is 1. The van der Waals surface area contributed by atoms with Gasteiger partial charge in [-0.25, -0.2) is 0 Å². The Labute approximate surface area is 84.7 Å². The van der Waals surface area contributed by atoms with Crippen LogP contribution in [0.2, 0.25) is 0 Å². The van der Waals surface area contributed by atoms with Gasteiger partial charge in [0.1, 0.15) is 6.61 Å². The van der Waals surface area contributed by atoms with Gasteiger partial charge in [-0.3, -0.25) is 4.79 Å². The molecule has 0 amide bonds. The van der Waals surface area contributed by atoms with Crippen LogP contribution in [-0.2, 0) is 14.3 Å². The summed E-state index contributed by atoms with van der Waals surface area (Å²) in [6.45, 7) is 3.37. The molecular formula is C10H19NO3. The third-order valence-corrected chi connectivity index (χ3v) is 2.54. The summed E-state index contributed by atoms with van der Waals surface area (Å²) in [6.07, 6.45) is 3.35. The molecule has 1 aliphatic rings. The van der Waals surface area contributed by atoms with Crippen molar-refractivity contribution >= 4 is 5.97 Å². The lowest BCUT2D eigenvalue weighted by atomic mass is 9.75. The minimum Gasteiger partial charge on any atom is -0.463 e. The first-order valence-corrected chi connectivity index (χ1v) is 5.18. The first-order chi connectivity index (χ1) is 6.66. The number of hydrogen-bond acceptors (Lipinski definition) is 4. The fraction of sp³-hybridized carbons (Fsp3) is 0.900. The van der Waals surface area contributed by atoms with Crippen LogP contribution in [-0.4, -0.2) is 31.3 Å². The molecule has 82 valence electrons. The van der Waals surface area contributed by atoms with E-state index in [2.05, 4.69) is 0 Å². The Kier molecular flexibility index (Phi) is 4.35. The van der Waals surface area contributed by atoms with Crippen LogP contribution in [0.4, 0.5) is 0 Å². The predicted octanol–water partition coefficient (Wildman–Crippen LogP) is 0.838. The third kappa shape index (κ3) is 3.64. The first-order valence-electron chi connectivity index (χ1n) is 5.18. The van der Waals surface area contributed by atoms with Crippen molar-refractivity contribution in [1.29, 1.82) is 0 Å². The minimum absolute atomic E-state index is 0.202. The van der Waals surface area contributed by atoms with Crippen molar-refractivity contribution in [1.82, 2.24) is 0 Å². The molecule has 1 saturated carbocycles. The molecule has 0 atom stereocenters. The molecule has 0 bridgehead atoms. The fourth-order valence-corrected chi connectivity index (χ4v) is 1.50. The van der Waals surface area contributed by atoms with Crippen LogP contribution in [0.15, 0.2) is 0 Å². The number of hydrogen-bond donors (Lipinski definition) is 1. The highest BCUT2D eigenvalue weighted by Gasteiger charge is 2.35. The van der Waals surface area contributed by atoms with Crippen molar-refractivity contribution in [2.24, 2.45) is 5.73 Å². The number of esters is 1. The molecule has 0 spiro atoms. The Morgan fingerprint density at radius 3 is 2.64 bits per heavy atom. The summed E-state index contributed by atoms with van der Waals surface area (Å²) in [7, 11) is 0. The van der Waals surface area contributed by atoms with Gasteiger partial charge in [-0.05, 0) is 26.2 Å². The van der Waals surface area contributed by atoms with Crippen LogP contribution in [0, 0.1) is 0 Å². The second-order valence-electron chi connectivity index (χ2n) is 3.81. The summed E-state index contributed by atoms with van der Waals surface area (Å²) in [5.41, 5.74) is 5.63. The quantitative estimate of drug-likeness (QED) is 0.511. The Morgan fingerprint density at radius 2 is 2.14 bits per heavy atom. The van der Waals surface area contributed by atoms with Crippen LogP contribution >= 0.6 is 0 Å². The summed E-state index contributed by atoms with van der Waals surface area (Å²) in [5, 5.41) is 0. The van der Waals surface area contributed by atoms with Crippen LogP contribution in [0.25, 0.3) is 0 Å². The fourth-order valence-electron chi connectivity index (χ4n) is 1.50. The first kappa shape index (κ1) is 11.5. The van der Waals surface area contributed by atoms with E-state index in [0.717, 1.165) is 19.3 Å². The zero-order chi connectivity index (χ0) is 10.4. The minimum atomic E-state index is -0.275. The van der Waals surface area contributed by atoms with Gasteiger partial charge in [0, 0.05) is 12.1 Å². The van der Waals surface area contributed by atoms with Crippen molar-refractivity contribution in [2.45, 2.75) is 38.1 Å². The Balaban J connectivity index is 2.04. The highest BCUT2D eigenvalue weighted by Crippen LogP contribution is 2.32. The Hall–Kier alpha value is -0.610. The van der Waals surface area contributed by atoms with Gasteiger partial charge in [0.25, 0.3) is 0 Å². The molecule has 1 rings (SSSR count). The SMILES string of the molecule is CCOCCOC(=O)CC1(N)CCC1. The maximum Gasteiger partial charge on any atom is 0.307 e. The zero-order valence-electron chi connectivity index (χ0n) is 8.75. The molecule has 0 aliphatic heterocycles. The lowest BCUT2D eigenvalue weighted by molar-refractivity contribution is -0.147. The molecule has 4 heteroatoms. The molecule has 14 heavy (non-hydrogen) atoms. The second kappa shape index (κ2) is 5.32. The lowest BCUT2D eigenvalue weighted by Gasteiger charge is -2.37. The van der Waals surface area contributed by atoms with Crippen molar-refractivity contribution in [3.05, 3.63) is 0 Å². The molecule has 0 heterocycles. The molecule has 0 aromatic carbocycles. The van der Waals surface area contributed by atoms with E-state index < -0.39 is 0 Å². The topological polar surface area (TPSA) is 61.5 Å². The average Bonchev–Trinajstić information content (AvgIpc) is 2.10. The third-order valence-electron chi connectivity index (χ3n) is 2.54. The van der Waals surface area contributed by atoms with E-state index in [-0.39, 0.29) is 11.5 Å². The van der Waals surface area contributed by atoms with Crippen LogP contribution < -0.4 is 5.73 Å². The maximum atomic E-state index is 11.3. The molecule has 0 saturated heterocycles. The van der Waals surface area contributed by atoms with E-state index in [4.69, 9.17) is 15.2 Å². The van der Waals surface area contributed by atoms with Gasteiger partial charge < -0.3 is 15.2 Å². The highest BCUT2D eigenvalue weighted by atomic mass is 16.6. The van der Waals surface area contributed by atoms with Crippen LogP contribution in [0.1, 0.15) is 32.6 Å². The van der Waals surface area contributed by atoms with Crippen LogP contribution in [0.3, 0.4) is 0 Å². The molecule has 0 aromatic heterocycles. The molecule has 0 aromatic rings. The van der Waals surface area contributed by atoms with E-state index in [1.165, 1.54) is 0 Å². The summed E-state index contributed by atoms with van der Waals surface area (Å²) in [4.78, 5) is 11.3. The largest absolute Gasteiger partial charge is 0.463 e. The van der Waals surface area contributed by atoms with Crippen molar-refractivity contribution in [3.63, 3.8) is 0 Å². The Morgan fingerprint density at radius 1 is 1.43 bits per heavy atom. The maximum absolute atomic E-state index is 11.3. The van der Waals surface area contributed by atoms with Gasteiger partial charge in [-0.1, -0.05) is 0 Å². The standard InChI is InChI=1S/C10H19NO3/c1-2-13-6-7-14-9(12)8-10(11)4-3-5-10/h2-8,11H2,1H3. The van der Waals surface area contributed by atoms with Gasteiger partial charge in [-0.2, -0.15) is 0 Å². The summed E-state index contributed by atoms with van der Waals surface area (Å²) in [5.74, 6) is -0.202. The number of rotatable bonds is 6. The van der Waals surface area contributed by atoms with Gasteiger partial charge >= 0.3 is 5.97 Å². The summed E-state index contributed by atoms with van der Waals surface area (Å²) >= 11 is 0. The molecule has 0 radical (unpaired) electrons. The molecule has 1 aliphatic carbocycles. The monoisotopic (exact) mass is 201 g/mol. The normalized spacial score (nSPS) is 18.7. The van der Waals surface area contributed by atoms with Gasteiger partial charge in [-0.15, -0.1) is 0 Å². The summed E-state index contributed by atoms with van der Waals surface area (Å²) < 4.78 is 10.0. The molecular weight excluding hydrogens is 182 g/mol. The van der Waals surface area contributed by atoms with E-state index in [0.29, 0.717) is 26.2 Å². The van der Waals surface area contributed by atoms with E-state index in [1.54, 1.807) is 0 Å². The molecule has 1 fully saturated rings. The van der Waals surface area contributed by atoms with E-state index >= 15 is 0 Å². The average molecular weight is 201 g/mol. The molecule has 0 unspecified atom stereocenters. The van der Waals surface area contributed by atoms with Crippen LogP contribution in [0.5, 0.6) is 0 Å². The number of carbonyl (C=O) groups excluding carboxylic acids is 1. The van der Waals surface area contributed by atoms with Crippen molar-refractivity contribution in [3.8, 4) is 0 Å². The predicted molar refractivity (Wildman–Crippen MR) is 52.8 cm³/mol. The van der Waals surface area contributed by atoms with Gasteiger partial charge in [0.05, 0.1) is 13.0 Å². The van der Waals surface area contributed by atoms with E-state index in [9.17, 15) is 4.79 Å². The summed E-state index contributed by atoms with van der Waals surface area (Å²) in [6, 6.07) is 0. The second-order valence-corrected chi connectivity index (χ2v) is 3.81. The number of ether oxygens (including phenoxy) is 2. The Bertz CT molecular complexity index is 190. The van der Waals surface area contributed by atoms with Gasteiger partial charge in [0.2, 0.25) is 0 Å². The van der Waals surface area contributed by atoms with Crippen molar-refractivity contribution < 1.29 is 14.3 Å². The molecule has 4 nitrogen and oxygen atoms in total. The smallest absolute Gasteiger partial charge is 0.307 e. The van der Waals surface area contributed by atoms with E-state index in [1.807, 2.05) is 6.92 Å². The lowest BCUT2D eigenvalue weighted by Crippen LogP contribution is -2.48. The zero-order valence-corrected chi connectivity index (χ0v) is 8.75. The van der Waals surface area contributed by atoms with Gasteiger partial charge in [0.15, 0.2) is 0 Å². The highest BCUT2D eigenvalue weighted by molar-refractivity contribution is 5.71. The van der Waals surface area contributed by atoms with Crippen molar-refractivity contribution in [2.75, 3.05) is 19.8 Å². The number of nitrogens with two attached hydrogens (primary N) is 1.